The van der Waals surface area contributed by atoms with Crippen molar-refractivity contribution in [2.24, 2.45) is 10.7 Å². The molecule has 1 aliphatic heterocycles. The number of aliphatic imine (C=N–C) groups is 1. The summed E-state index contributed by atoms with van der Waals surface area (Å²) >= 11 is 12.4. The van der Waals surface area contributed by atoms with E-state index < -0.39 is 0 Å². The van der Waals surface area contributed by atoms with Crippen molar-refractivity contribution >= 4 is 46.4 Å². The minimum atomic E-state index is -0.379. The smallest absolute Gasteiger partial charge is 0.258 e. The third-order valence-electron chi connectivity index (χ3n) is 4.67. The van der Waals surface area contributed by atoms with Crippen LogP contribution >= 0.6 is 23.2 Å². The first-order chi connectivity index (χ1) is 15.0. The summed E-state index contributed by atoms with van der Waals surface area (Å²) in [7, 11) is 0. The van der Waals surface area contributed by atoms with Crippen LogP contribution in [0, 0.1) is 0 Å². The van der Waals surface area contributed by atoms with E-state index in [1.54, 1.807) is 24.4 Å². The SMILES string of the molecule is NCCCn1cc(NC2=NCC(C(=O)Nc3c(Cl)cccc3Cl)=C(OC3CC3)N2)cn1. The van der Waals surface area contributed by atoms with E-state index in [4.69, 9.17) is 33.7 Å². The van der Waals surface area contributed by atoms with Crippen LogP contribution in [0.15, 0.2) is 47.0 Å². The van der Waals surface area contributed by atoms with Gasteiger partial charge in [-0.25, -0.2) is 4.99 Å². The van der Waals surface area contributed by atoms with E-state index in [0.717, 1.165) is 31.5 Å². The second-order valence-electron chi connectivity index (χ2n) is 7.22. The number of ether oxygens (including phenoxy) is 1. The molecule has 0 spiro atoms. The minimum Gasteiger partial charge on any atom is -0.475 e. The molecule has 5 N–H and O–H groups in total. The molecule has 31 heavy (non-hydrogen) atoms. The first-order valence-electron chi connectivity index (χ1n) is 9.99. The van der Waals surface area contributed by atoms with Crippen LogP contribution in [0.5, 0.6) is 0 Å². The number of carbonyl (C=O) groups excluding carboxylic acids is 1. The molecule has 0 atom stereocenters. The number of para-hydroxylation sites is 1. The largest absolute Gasteiger partial charge is 0.475 e. The third-order valence-corrected chi connectivity index (χ3v) is 5.30. The number of anilines is 2. The summed E-state index contributed by atoms with van der Waals surface area (Å²) in [6.07, 6.45) is 6.40. The van der Waals surface area contributed by atoms with Gasteiger partial charge in [-0.05, 0) is 37.9 Å². The van der Waals surface area contributed by atoms with E-state index in [2.05, 4.69) is 26.0 Å². The zero-order valence-electron chi connectivity index (χ0n) is 16.7. The van der Waals surface area contributed by atoms with E-state index in [1.165, 1.54) is 0 Å². The van der Waals surface area contributed by atoms with Crippen molar-refractivity contribution in [3.05, 3.63) is 52.1 Å². The van der Waals surface area contributed by atoms with Gasteiger partial charge in [-0.1, -0.05) is 29.3 Å². The number of nitrogens with one attached hydrogen (secondary N) is 3. The van der Waals surface area contributed by atoms with Gasteiger partial charge >= 0.3 is 0 Å². The van der Waals surface area contributed by atoms with Crippen molar-refractivity contribution in [1.82, 2.24) is 15.1 Å². The van der Waals surface area contributed by atoms with Crippen LogP contribution in [0.25, 0.3) is 0 Å². The van der Waals surface area contributed by atoms with Crippen LogP contribution in [0.1, 0.15) is 19.3 Å². The second-order valence-corrected chi connectivity index (χ2v) is 8.04. The van der Waals surface area contributed by atoms with E-state index in [1.807, 2.05) is 10.9 Å². The zero-order valence-corrected chi connectivity index (χ0v) is 18.2. The molecule has 164 valence electrons. The van der Waals surface area contributed by atoms with Gasteiger partial charge in [0.1, 0.15) is 6.10 Å². The first-order valence-corrected chi connectivity index (χ1v) is 10.7. The number of nitrogens with two attached hydrogens (primary N) is 1. The highest BCUT2D eigenvalue weighted by Crippen LogP contribution is 2.31. The highest BCUT2D eigenvalue weighted by molar-refractivity contribution is 6.40. The van der Waals surface area contributed by atoms with Gasteiger partial charge in [0.2, 0.25) is 11.8 Å². The Hall–Kier alpha value is -2.75. The number of aromatic nitrogens is 2. The van der Waals surface area contributed by atoms with Gasteiger partial charge in [0.15, 0.2) is 0 Å². The molecule has 2 aliphatic rings. The molecule has 1 amide bonds. The summed E-state index contributed by atoms with van der Waals surface area (Å²) in [5, 5.41) is 14.0. The van der Waals surface area contributed by atoms with Crippen molar-refractivity contribution in [2.75, 3.05) is 23.7 Å². The Labute approximate surface area is 189 Å². The van der Waals surface area contributed by atoms with Crippen molar-refractivity contribution in [2.45, 2.75) is 31.9 Å². The molecule has 0 unspecified atom stereocenters. The molecular formula is C20H23Cl2N7O2. The Morgan fingerprint density at radius 1 is 1.32 bits per heavy atom. The molecule has 1 fully saturated rings. The Morgan fingerprint density at radius 2 is 2.10 bits per heavy atom. The Kier molecular flexibility index (Phi) is 6.64. The van der Waals surface area contributed by atoms with Crippen LogP contribution < -0.4 is 21.7 Å². The number of carbonyl (C=O) groups is 1. The number of benzene rings is 1. The fourth-order valence-electron chi connectivity index (χ4n) is 2.90. The molecule has 0 radical (unpaired) electrons. The highest BCUT2D eigenvalue weighted by Gasteiger charge is 2.30. The van der Waals surface area contributed by atoms with Gasteiger partial charge in [0.05, 0.1) is 39.7 Å². The summed E-state index contributed by atoms with van der Waals surface area (Å²) in [6.45, 7) is 1.48. The van der Waals surface area contributed by atoms with E-state index in [-0.39, 0.29) is 18.6 Å². The maximum absolute atomic E-state index is 12.9. The molecular weight excluding hydrogens is 441 g/mol. The Balaban J connectivity index is 1.46. The summed E-state index contributed by atoms with van der Waals surface area (Å²) in [5.74, 6) is 0.466. The van der Waals surface area contributed by atoms with Crippen molar-refractivity contribution in [1.29, 1.82) is 0 Å². The molecule has 11 heteroatoms. The van der Waals surface area contributed by atoms with Gasteiger partial charge < -0.3 is 21.1 Å². The van der Waals surface area contributed by atoms with Crippen molar-refractivity contribution in [3.8, 4) is 0 Å². The first kappa shape index (κ1) is 21.5. The van der Waals surface area contributed by atoms with Gasteiger partial charge in [0.25, 0.3) is 5.91 Å². The molecule has 1 aromatic heterocycles. The van der Waals surface area contributed by atoms with E-state index >= 15 is 0 Å². The number of rotatable bonds is 8. The number of amides is 1. The summed E-state index contributed by atoms with van der Waals surface area (Å²) in [4.78, 5) is 17.4. The number of guanidine groups is 1. The normalized spacial score (nSPS) is 15.9. The lowest BCUT2D eigenvalue weighted by molar-refractivity contribution is -0.113. The molecule has 2 heterocycles. The van der Waals surface area contributed by atoms with Crippen molar-refractivity contribution < 1.29 is 9.53 Å². The molecule has 0 saturated heterocycles. The van der Waals surface area contributed by atoms with Crippen LogP contribution in [-0.4, -0.2) is 40.8 Å². The quantitative estimate of drug-likeness (QED) is 0.477. The van der Waals surface area contributed by atoms with Crippen LogP contribution in [0.3, 0.4) is 0 Å². The lowest BCUT2D eigenvalue weighted by Crippen LogP contribution is -2.38. The fourth-order valence-corrected chi connectivity index (χ4v) is 3.39. The van der Waals surface area contributed by atoms with Gasteiger partial charge in [-0.3, -0.25) is 14.8 Å². The predicted molar refractivity (Wildman–Crippen MR) is 121 cm³/mol. The number of halogens is 2. The predicted octanol–water partition coefficient (Wildman–Crippen LogP) is 2.94. The lowest BCUT2D eigenvalue weighted by atomic mass is 10.2. The van der Waals surface area contributed by atoms with Crippen LogP contribution in [0.4, 0.5) is 11.4 Å². The number of aryl methyl sites for hydroxylation is 1. The molecule has 1 aliphatic carbocycles. The zero-order chi connectivity index (χ0) is 21.8. The maximum atomic E-state index is 12.9. The summed E-state index contributed by atoms with van der Waals surface area (Å²) in [6, 6.07) is 5.03. The molecule has 0 bridgehead atoms. The average Bonchev–Trinajstić information content (AvgIpc) is 3.45. The van der Waals surface area contributed by atoms with Crippen molar-refractivity contribution in [3.63, 3.8) is 0 Å². The maximum Gasteiger partial charge on any atom is 0.258 e. The Morgan fingerprint density at radius 3 is 2.81 bits per heavy atom. The van der Waals surface area contributed by atoms with Gasteiger partial charge in [0, 0.05) is 12.7 Å². The molecule has 4 rings (SSSR count). The third kappa shape index (κ3) is 5.49. The minimum absolute atomic E-state index is 0.0903. The topological polar surface area (TPSA) is 119 Å². The van der Waals surface area contributed by atoms with Crippen LogP contribution in [-0.2, 0) is 16.1 Å². The van der Waals surface area contributed by atoms with E-state index in [0.29, 0.717) is 39.7 Å². The average molecular weight is 464 g/mol. The monoisotopic (exact) mass is 463 g/mol. The summed E-state index contributed by atoms with van der Waals surface area (Å²) < 4.78 is 7.75. The highest BCUT2D eigenvalue weighted by atomic mass is 35.5. The van der Waals surface area contributed by atoms with Crippen LogP contribution in [0.2, 0.25) is 10.0 Å². The van der Waals surface area contributed by atoms with Gasteiger partial charge in [-0.15, -0.1) is 0 Å². The molecule has 2 aromatic rings. The molecule has 1 saturated carbocycles. The van der Waals surface area contributed by atoms with E-state index in [9.17, 15) is 4.79 Å². The number of hydrogen-bond donors (Lipinski definition) is 4. The lowest BCUT2D eigenvalue weighted by Gasteiger charge is -2.22. The fraction of sp³-hybridized carbons (Fsp3) is 0.350. The molecule has 9 nitrogen and oxygen atoms in total. The second kappa shape index (κ2) is 9.59. The standard InChI is InChI=1S/C20H23Cl2N7O2/c21-15-3-1-4-16(22)17(15)27-18(30)14-10-24-20(28-19(14)31-13-5-6-13)26-12-9-25-29(11-12)8-2-7-23/h1,3-4,9,11,13H,2,5-8,10,23H2,(H,27,30)(H2,24,26,28). The Bertz CT molecular complexity index is 1010. The van der Waals surface area contributed by atoms with Gasteiger partial charge in [-0.2, -0.15) is 5.10 Å². The summed E-state index contributed by atoms with van der Waals surface area (Å²) in [5.41, 5.74) is 7.03. The number of hydrogen-bond acceptors (Lipinski definition) is 7. The molecule has 1 aromatic carbocycles. The number of nitrogens with zero attached hydrogens (tertiary/aromatic N) is 3.